The predicted molar refractivity (Wildman–Crippen MR) is 136 cm³/mol. The third-order valence-electron chi connectivity index (χ3n) is 4.91. The van der Waals surface area contributed by atoms with E-state index in [-0.39, 0.29) is 17.4 Å². The molecule has 0 spiro atoms. The van der Waals surface area contributed by atoms with Gasteiger partial charge in [0.25, 0.3) is 0 Å². The fourth-order valence-corrected chi connectivity index (χ4v) is 4.81. The van der Waals surface area contributed by atoms with Crippen LogP contribution in [0, 0.1) is 6.92 Å². The maximum Gasteiger partial charge on any atom is 0.234 e. The molecular weight excluding hydrogens is 468 g/mol. The van der Waals surface area contributed by atoms with Gasteiger partial charge >= 0.3 is 0 Å². The topological polar surface area (TPSA) is 94.1 Å². The number of carbonyl (C=O) groups is 2. The molecule has 0 fully saturated rings. The zero-order valence-corrected chi connectivity index (χ0v) is 20.5. The van der Waals surface area contributed by atoms with Crippen LogP contribution in [0.15, 0.2) is 65.7 Å². The Morgan fingerprint density at radius 3 is 2.53 bits per heavy atom. The summed E-state index contributed by atoms with van der Waals surface area (Å²) in [7, 11) is 1.64. The lowest BCUT2D eigenvalue weighted by atomic mass is 10.1. The Balaban J connectivity index is 1.38. The number of aryl methyl sites for hydroxylation is 1. The van der Waals surface area contributed by atoms with Crippen LogP contribution in [0.5, 0.6) is 5.75 Å². The number of hydrogen-bond acceptors (Lipinski definition) is 8. The first-order chi connectivity index (χ1) is 16.4. The van der Waals surface area contributed by atoms with Crippen LogP contribution in [-0.4, -0.2) is 39.7 Å². The summed E-state index contributed by atoms with van der Waals surface area (Å²) in [4.78, 5) is 29.4. The first-order valence-electron chi connectivity index (χ1n) is 10.4. The van der Waals surface area contributed by atoms with Gasteiger partial charge in [-0.3, -0.25) is 9.59 Å². The number of ether oxygens (including phenoxy) is 1. The quantitative estimate of drug-likeness (QED) is 0.257. The number of nitrogens with zero attached hydrogens (tertiary/aromatic N) is 3. The van der Waals surface area contributed by atoms with Crippen LogP contribution in [0.4, 0.5) is 5.69 Å². The second-order valence-electron chi connectivity index (χ2n) is 7.39. The molecule has 0 radical (unpaired) electrons. The van der Waals surface area contributed by atoms with Gasteiger partial charge in [0.1, 0.15) is 21.5 Å². The van der Waals surface area contributed by atoms with Crippen LogP contribution < -0.4 is 10.1 Å². The van der Waals surface area contributed by atoms with Crippen molar-refractivity contribution in [2.24, 2.45) is 0 Å². The summed E-state index contributed by atoms with van der Waals surface area (Å²) in [6.07, 6.45) is 0. The summed E-state index contributed by atoms with van der Waals surface area (Å²) < 4.78 is 5.22. The van der Waals surface area contributed by atoms with Crippen LogP contribution in [0.3, 0.4) is 0 Å². The van der Waals surface area contributed by atoms with Crippen molar-refractivity contribution in [1.29, 1.82) is 0 Å². The van der Waals surface area contributed by atoms with Crippen molar-refractivity contribution in [3.05, 3.63) is 71.9 Å². The Hall–Kier alpha value is -3.56. The van der Waals surface area contributed by atoms with E-state index in [1.54, 1.807) is 42.7 Å². The van der Waals surface area contributed by atoms with Crippen LogP contribution in [-0.2, 0) is 4.79 Å². The van der Waals surface area contributed by atoms with Gasteiger partial charge in [0.15, 0.2) is 5.78 Å². The highest BCUT2D eigenvalue weighted by Gasteiger charge is 2.14. The SMILES string of the molecule is COc1ccc(-c2nc(C)c(-c3ccc(SCC(=O)Nc4cccc(C(C)=O)c4)nn3)s2)cc1. The lowest BCUT2D eigenvalue weighted by Gasteiger charge is -2.06. The van der Waals surface area contributed by atoms with E-state index in [1.807, 2.05) is 43.3 Å². The van der Waals surface area contributed by atoms with E-state index in [9.17, 15) is 9.59 Å². The van der Waals surface area contributed by atoms with E-state index >= 15 is 0 Å². The Morgan fingerprint density at radius 1 is 1.06 bits per heavy atom. The number of thioether (sulfide) groups is 1. The van der Waals surface area contributed by atoms with E-state index in [0.717, 1.165) is 32.6 Å². The van der Waals surface area contributed by atoms with Gasteiger partial charge in [0.2, 0.25) is 5.91 Å². The van der Waals surface area contributed by atoms with Gasteiger partial charge in [-0.05, 0) is 62.4 Å². The minimum atomic E-state index is -0.181. The molecule has 0 aliphatic rings. The molecule has 0 saturated carbocycles. The van der Waals surface area contributed by atoms with Gasteiger partial charge in [-0.15, -0.1) is 21.5 Å². The van der Waals surface area contributed by atoms with Crippen molar-refractivity contribution in [3.8, 4) is 26.9 Å². The van der Waals surface area contributed by atoms with E-state index in [1.165, 1.54) is 18.7 Å². The van der Waals surface area contributed by atoms with E-state index in [2.05, 4.69) is 20.5 Å². The molecule has 2 aromatic heterocycles. The normalized spacial score (nSPS) is 10.7. The number of carbonyl (C=O) groups excluding carboxylic acids is 2. The van der Waals surface area contributed by atoms with Crippen molar-refractivity contribution in [2.45, 2.75) is 18.9 Å². The number of aromatic nitrogens is 3. The maximum atomic E-state index is 12.3. The molecule has 0 bridgehead atoms. The van der Waals surface area contributed by atoms with Crippen molar-refractivity contribution >= 4 is 40.5 Å². The number of thiazole rings is 1. The molecule has 0 saturated heterocycles. The number of ketones is 1. The molecule has 2 aromatic carbocycles. The standard InChI is InChI=1S/C25H22N4O3S2/c1-15-24(34-25(26-15)17-7-9-20(32-3)10-8-17)21-11-12-23(29-28-21)33-14-22(31)27-19-6-4-5-18(13-19)16(2)30/h4-13H,14H2,1-3H3,(H,27,31). The van der Waals surface area contributed by atoms with Crippen molar-refractivity contribution in [3.63, 3.8) is 0 Å². The first kappa shape index (κ1) is 23.6. The fourth-order valence-electron chi connectivity index (χ4n) is 3.16. The molecule has 1 N–H and O–H groups in total. The van der Waals surface area contributed by atoms with Crippen LogP contribution in [0.1, 0.15) is 23.0 Å². The average Bonchev–Trinajstić information content (AvgIpc) is 3.24. The summed E-state index contributed by atoms with van der Waals surface area (Å²) in [5, 5.41) is 13.0. The summed E-state index contributed by atoms with van der Waals surface area (Å²) >= 11 is 2.85. The molecule has 0 aliphatic carbocycles. The van der Waals surface area contributed by atoms with Crippen molar-refractivity contribution in [1.82, 2.24) is 15.2 Å². The van der Waals surface area contributed by atoms with Gasteiger partial charge in [0, 0.05) is 16.8 Å². The molecular formula is C25H22N4O3S2. The highest BCUT2D eigenvalue weighted by molar-refractivity contribution is 7.99. The molecule has 4 aromatic rings. The highest BCUT2D eigenvalue weighted by atomic mass is 32.2. The molecule has 1 amide bonds. The third kappa shape index (κ3) is 5.67. The summed E-state index contributed by atoms with van der Waals surface area (Å²) in [6, 6.07) is 18.4. The smallest absolute Gasteiger partial charge is 0.234 e. The Kier molecular flexibility index (Phi) is 7.34. The minimum absolute atomic E-state index is 0.0480. The maximum absolute atomic E-state index is 12.3. The van der Waals surface area contributed by atoms with Gasteiger partial charge in [-0.1, -0.05) is 23.9 Å². The minimum Gasteiger partial charge on any atom is -0.497 e. The number of Topliss-reactive ketones (excluding diaryl/α,β-unsaturated/α-hetero) is 1. The number of rotatable bonds is 8. The second-order valence-corrected chi connectivity index (χ2v) is 9.39. The third-order valence-corrected chi connectivity index (χ3v) is 7.06. The highest BCUT2D eigenvalue weighted by Crippen LogP contribution is 2.35. The predicted octanol–water partition coefficient (Wildman–Crippen LogP) is 5.52. The van der Waals surface area contributed by atoms with Crippen molar-refractivity contribution < 1.29 is 14.3 Å². The molecule has 4 rings (SSSR count). The molecule has 9 heteroatoms. The summed E-state index contributed by atoms with van der Waals surface area (Å²) in [5.74, 6) is 0.751. The van der Waals surface area contributed by atoms with Crippen molar-refractivity contribution in [2.75, 3.05) is 18.2 Å². The van der Waals surface area contributed by atoms with Gasteiger partial charge in [-0.2, -0.15) is 0 Å². The molecule has 0 aliphatic heterocycles. The summed E-state index contributed by atoms with van der Waals surface area (Å²) in [5.41, 5.74) is 3.79. The van der Waals surface area contributed by atoms with E-state index in [4.69, 9.17) is 4.74 Å². The van der Waals surface area contributed by atoms with E-state index in [0.29, 0.717) is 16.3 Å². The zero-order chi connectivity index (χ0) is 24.1. The first-order valence-corrected chi connectivity index (χ1v) is 12.2. The Labute approximate surface area is 205 Å². The molecule has 0 atom stereocenters. The second kappa shape index (κ2) is 10.6. The molecule has 0 unspecified atom stereocenters. The van der Waals surface area contributed by atoms with E-state index < -0.39 is 0 Å². The molecule has 2 heterocycles. The van der Waals surface area contributed by atoms with Gasteiger partial charge < -0.3 is 10.1 Å². The number of anilines is 1. The van der Waals surface area contributed by atoms with Crippen LogP contribution in [0.25, 0.3) is 21.1 Å². The monoisotopic (exact) mass is 490 g/mol. The number of methoxy groups -OCH3 is 1. The van der Waals surface area contributed by atoms with Crippen LogP contribution >= 0.6 is 23.1 Å². The number of nitrogens with one attached hydrogen (secondary N) is 1. The largest absolute Gasteiger partial charge is 0.497 e. The zero-order valence-electron chi connectivity index (χ0n) is 18.9. The number of amides is 1. The van der Waals surface area contributed by atoms with Crippen LogP contribution in [0.2, 0.25) is 0 Å². The molecule has 34 heavy (non-hydrogen) atoms. The van der Waals surface area contributed by atoms with Gasteiger partial charge in [-0.25, -0.2) is 4.98 Å². The molecule has 7 nitrogen and oxygen atoms in total. The average molecular weight is 491 g/mol. The Bertz CT molecular complexity index is 1320. The number of hydrogen-bond donors (Lipinski definition) is 1. The molecule has 172 valence electrons. The number of benzene rings is 2. The lowest BCUT2D eigenvalue weighted by molar-refractivity contribution is -0.113. The summed E-state index contributed by atoms with van der Waals surface area (Å²) in [6.45, 7) is 3.45. The Morgan fingerprint density at radius 2 is 1.85 bits per heavy atom. The fraction of sp³-hybridized carbons (Fsp3) is 0.160. The lowest BCUT2D eigenvalue weighted by Crippen LogP contribution is -2.14. The van der Waals surface area contributed by atoms with Gasteiger partial charge in [0.05, 0.1) is 23.4 Å².